The number of carbonyl (C=O) groups is 2. The Morgan fingerprint density at radius 2 is 0.806 bits per heavy atom. The Labute approximate surface area is 385 Å². The number of amides is 1. The predicted molar refractivity (Wildman–Crippen MR) is 269 cm³/mol. The zero-order valence-electron chi connectivity index (χ0n) is 41.1. The van der Waals surface area contributed by atoms with E-state index in [1.54, 1.807) is 6.08 Å². The summed E-state index contributed by atoms with van der Waals surface area (Å²) in [6.45, 7) is 4.83. The van der Waals surface area contributed by atoms with Crippen molar-refractivity contribution in [1.29, 1.82) is 0 Å². The molecule has 0 rings (SSSR count). The van der Waals surface area contributed by atoms with Crippen LogP contribution >= 0.6 is 0 Å². The van der Waals surface area contributed by atoms with Crippen LogP contribution in [0.5, 0.6) is 0 Å². The maximum absolute atomic E-state index is 12.4. The van der Waals surface area contributed by atoms with E-state index >= 15 is 0 Å². The van der Waals surface area contributed by atoms with Crippen molar-refractivity contribution in [3.8, 4) is 0 Å². The maximum Gasteiger partial charge on any atom is 0.305 e. The van der Waals surface area contributed by atoms with Crippen LogP contribution in [0.15, 0.2) is 48.6 Å². The summed E-state index contributed by atoms with van der Waals surface area (Å²) in [5, 5.41) is 23.0. The molecule has 0 saturated heterocycles. The first-order chi connectivity index (χ1) is 30.5. The molecule has 0 spiro atoms. The first-order valence-electron chi connectivity index (χ1n) is 26.9. The van der Waals surface area contributed by atoms with Gasteiger partial charge in [-0.2, -0.15) is 0 Å². The summed E-state index contributed by atoms with van der Waals surface area (Å²) >= 11 is 0. The molecule has 0 aromatic carbocycles. The second kappa shape index (κ2) is 51.5. The highest BCUT2D eigenvalue weighted by atomic mass is 16.5. The fourth-order valence-electron chi connectivity index (χ4n) is 7.91. The molecule has 0 bridgehead atoms. The number of aliphatic hydroxyl groups is 2. The van der Waals surface area contributed by atoms with Crippen LogP contribution in [0.25, 0.3) is 0 Å². The Bertz CT molecular complexity index is 1050. The average molecular weight is 870 g/mol. The van der Waals surface area contributed by atoms with Gasteiger partial charge in [0.2, 0.25) is 5.91 Å². The SMILES string of the molecule is CCCCCCCC/C=C\CCCCCCCCCC(=O)OCCCCC/C=C\C=C/CCCCCCCCC(=O)NC(CO)C(O)/C=C/CCCCCCCCCCCCC. The first kappa shape index (κ1) is 59.8. The molecule has 0 aromatic rings. The fraction of sp³-hybridized carbons (Fsp3) is 0.821. The molecule has 362 valence electrons. The molecule has 62 heavy (non-hydrogen) atoms. The van der Waals surface area contributed by atoms with E-state index in [0.717, 1.165) is 77.0 Å². The highest BCUT2D eigenvalue weighted by Gasteiger charge is 2.18. The number of hydrogen-bond acceptors (Lipinski definition) is 5. The summed E-state index contributed by atoms with van der Waals surface area (Å²) in [7, 11) is 0. The molecular weight excluding hydrogens is 767 g/mol. The van der Waals surface area contributed by atoms with Gasteiger partial charge in [0.15, 0.2) is 0 Å². The van der Waals surface area contributed by atoms with Crippen LogP contribution in [0.1, 0.15) is 271 Å². The van der Waals surface area contributed by atoms with Crippen LogP contribution < -0.4 is 5.32 Å². The van der Waals surface area contributed by atoms with Crippen molar-refractivity contribution in [3.63, 3.8) is 0 Å². The molecule has 1 amide bonds. The van der Waals surface area contributed by atoms with Gasteiger partial charge in [-0.3, -0.25) is 9.59 Å². The summed E-state index contributed by atoms with van der Waals surface area (Å²) in [5.41, 5.74) is 0. The molecule has 0 saturated carbocycles. The number of esters is 1. The number of rotatable bonds is 49. The Hall–Kier alpha value is -2.18. The van der Waals surface area contributed by atoms with Crippen molar-refractivity contribution < 1.29 is 24.5 Å². The molecule has 3 N–H and O–H groups in total. The van der Waals surface area contributed by atoms with Crippen LogP contribution in [0.3, 0.4) is 0 Å². The van der Waals surface area contributed by atoms with Crippen LogP contribution in [-0.2, 0) is 14.3 Å². The molecule has 0 aromatic heterocycles. The van der Waals surface area contributed by atoms with E-state index in [1.807, 2.05) is 6.08 Å². The van der Waals surface area contributed by atoms with Gasteiger partial charge in [-0.25, -0.2) is 0 Å². The van der Waals surface area contributed by atoms with Crippen molar-refractivity contribution in [2.45, 2.75) is 283 Å². The van der Waals surface area contributed by atoms with Crippen molar-refractivity contribution in [2.75, 3.05) is 13.2 Å². The Morgan fingerprint density at radius 1 is 0.452 bits per heavy atom. The number of hydrogen-bond donors (Lipinski definition) is 3. The van der Waals surface area contributed by atoms with E-state index in [1.165, 1.54) is 167 Å². The summed E-state index contributed by atoms with van der Waals surface area (Å²) in [4.78, 5) is 24.5. The second-order valence-electron chi connectivity index (χ2n) is 18.2. The third kappa shape index (κ3) is 47.3. The van der Waals surface area contributed by atoms with Gasteiger partial charge in [-0.05, 0) is 89.9 Å². The molecule has 0 aliphatic heterocycles. The fourth-order valence-corrected chi connectivity index (χ4v) is 7.91. The van der Waals surface area contributed by atoms with Crippen LogP contribution in [0, 0.1) is 0 Å². The molecule has 6 nitrogen and oxygen atoms in total. The van der Waals surface area contributed by atoms with Gasteiger partial charge < -0.3 is 20.3 Å². The average Bonchev–Trinajstić information content (AvgIpc) is 3.27. The predicted octanol–water partition coefficient (Wildman–Crippen LogP) is 16.2. The van der Waals surface area contributed by atoms with Crippen LogP contribution in [0.4, 0.5) is 0 Å². The van der Waals surface area contributed by atoms with Gasteiger partial charge in [0.1, 0.15) is 0 Å². The van der Waals surface area contributed by atoms with Gasteiger partial charge >= 0.3 is 5.97 Å². The number of aliphatic hydroxyl groups excluding tert-OH is 2. The number of ether oxygens (including phenoxy) is 1. The molecular formula is C56H103NO5. The van der Waals surface area contributed by atoms with Gasteiger partial charge in [0, 0.05) is 12.8 Å². The number of allylic oxidation sites excluding steroid dienone is 7. The highest BCUT2D eigenvalue weighted by Crippen LogP contribution is 2.15. The third-order valence-electron chi connectivity index (χ3n) is 12.1. The Balaban J connectivity index is 3.54. The zero-order chi connectivity index (χ0) is 45.1. The lowest BCUT2D eigenvalue weighted by Gasteiger charge is -2.20. The smallest absolute Gasteiger partial charge is 0.305 e. The second-order valence-corrected chi connectivity index (χ2v) is 18.2. The minimum atomic E-state index is -0.859. The molecule has 6 heteroatoms. The first-order valence-corrected chi connectivity index (χ1v) is 26.9. The molecule has 2 unspecified atom stereocenters. The monoisotopic (exact) mass is 870 g/mol. The molecule has 0 heterocycles. The number of carbonyl (C=O) groups excluding carboxylic acids is 2. The maximum atomic E-state index is 12.4. The van der Waals surface area contributed by atoms with E-state index in [9.17, 15) is 19.8 Å². The normalized spacial score (nSPS) is 13.0. The molecule has 0 aliphatic carbocycles. The van der Waals surface area contributed by atoms with Gasteiger partial charge in [0.05, 0.1) is 25.4 Å². The minimum Gasteiger partial charge on any atom is -0.466 e. The van der Waals surface area contributed by atoms with Crippen LogP contribution in [0.2, 0.25) is 0 Å². The molecule has 0 radical (unpaired) electrons. The summed E-state index contributed by atoms with van der Waals surface area (Å²) in [6, 6.07) is -0.644. The molecule has 2 atom stereocenters. The quantitative estimate of drug-likeness (QED) is 0.0245. The number of nitrogens with one attached hydrogen (secondary N) is 1. The van der Waals surface area contributed by atoms with Crippen molar-refractivity contribution >= 4 is 11.9 Å². The lowest BCUT2D eigenvalue weighted by atomic mass is 10.0. The van der Waals surface area contributed by atoms with Crippen molar-refractivity contribution in [2.24, 2.45) is 0 Å². The lowest BCUT2D eigenvalue weighted by molar-refractivity contribution is -0.143. The van der Waals surface area contributed by atoms with Gasteiger partial charge in [-0.1, -0.05) is 217 Å². The highest BCUT2D eigenvalue weighted by molar-refractivity contribution is 5.76. The number of unbranched alkanes of at least 4 members (excludes halogenated alkanes) is 33. The summed E-state index contributed by atoms with van der Waals surface area (Å²) in [6.07, 6.45) is 64.0. The van der Waals surface area contributed by atoms with Gasteiger partial charge in [0.25, 0.3) is 0 Å². The van der Waals surface area contributed by atoms with Crippen LogP contribution in [-0.4, -0.2) is 47.4 Å². The van der Waals surface area contributed by atoms with E-state index in [-0.39, 0.29) is 18.5 Å². The standard InChI is InChI=1S/C56H103NO5/c1-3-5-7-9-11-13-15-17-18-19-22-26-30-34-38-42-46-50-56(61)62-51-47-43-39-35-31-27-23-20-21-25-29-33-37-41-45-49-55(60)57-53(52-58)54(59)48-44-40-36-32-28-24-16-14-12-10-8-6-4-2/h17-18,20,23,27,31,44,48,53-54,58-59H,3-16,19,21-22,24-26,28-30,32-43,45-47,49-52H2,1-2H3,(H,57,60)/b18-17-,23-20-,31-27-,48-44+. The van der Waals surface area contributed by atoms with Gasteiger partial charge in [-0.15, -0.1) is 0 Å². The molecule has 0 fully saturated rings. The minimum absolute atomic E-state index is 0.0270. The Kier molecular flexibility index (Phi) is 49.6. The summed E-state index contributed by atoms with van der Waals surface area (Å²) in [5.74, 6) is -0.119. The molecule has 0 aliphatic rings. The topological polar surface area (TPSA) is 95.9 Å². The van der Waals surface area contributed by atoms with E-state index in [0.29, 0.717) is 19.4 Å². The third-order valence-corrected chi connectivity index (χ3v) is 12.1. The lowest BCUT2D eigenvalue weighted by Crippen LogP contribution is -2.45. The Morgan fingerprint density at radius 3 is 1.24 bits per heavy atom. The van der Waals surface area contributed by atoms with Crippen molar-refractivity contribution in [3.05, 3.63) is 48.6 Å². The van der Waals surface area contributed by atoms with E-state index in [2.05, 4.69) is 55.6 Å². The summed E-state index contributed by atoms with van der Waals surface area (Å²) < 4.78 is 5.45. The van der Waals surface area contributed by atoms with E-state index in [4.69, 9.17) is 4.74 Å². The van der Waals surface area contributed by atoms with Crippen molar-refractivity contribution in [1.82, 2.24) is 5.32 Å². The zero-order valence-corrected chi connectivity index (χ0v) is 41.1. The largest absolute Gasteiger partial charge is 0.466 e. The van der Waals surface area contributed by atoms with E-state index < -0.39 is 12.1 Å².